The van der Waals surface area contributed by atoms with Gasteiger partial charge in [-0.25, -0.2) is 4.98 Å². The van der Waals surface area contributed by atoms with Gasteiger partial charge in [0, 0.05) is 16.2 Å². The van der Waals surface area contributed by atoms with Gasteiger partial charge in [-0.05, 0) is 36.4 Å². The SMILES string of the molecule is Cc1cc2c(o1)c(-c1cc3ccccc3c(C(C)C)n1)nc1ccccc12. The Labute approximate surface area is 157 Å². The van der Waals surface area contributed by atoms with Crippen molar-refractivity contribution in [2.24, 2.45) is 0 Å². The van der Waals surface area contributed by atoms with Crippen molar-refractivity contribution in [2.75, 3.05) is 0 Å². The summed E-state index contributed by atoms with van der Waals surface area (Å²) in [4.78, 5) is 9.95. The largest absolute Gasteiger partial charge is 0.459 e. The minimum atomic E-state index is 0.323. The Morgan fingerprint density at radius 1 is 0.815 bits per heavy atom. The fraction of sp³-hybridized carbons (Fsp3) is 0.167. The molecule has 0 saturated heterocycles. The van der Waals surface area contributed by atoms with E-state index in [1.54, 1.807) is 0 Å². The van der Waals surface area contributed by atoms with Crippen LogP contribution >= 0.6 is 0 Å². The molecule has 3 heterocycles. The molecular weight excluding hydrogens is 332 g/mol. The highest BCUT2D eigenvalue weighted by Gasteiger charge is 2.18. The molecule has 0 N–H and O–H groups in total. The van der Waals surface area contributed by atoms with E-state index in [1.807, 2.05) is 25.1 Å². The number of fused-ring (bicyclic) bond motifs is 4. The summed E-state index contributed by atoms with van der Waals surface area (Å²) in [5.74, 6) is 1.21. The minimum absolute atomic E-state index is 0.323. The molecule has 3 nitrogen and oxygen atoms in total. The molecule has 0 unspecified atom stereocenters. The quantitative estimate of drug-likeness (QED) is 0.358. The van der Waals surface area contributed by atoms with Crippen LogP contribution in [0, 0.1) is 6.92 Å². The van der Waals surface area contributed by atoms with Crippen LogP contribution in [0.2, 0.25) is 0 Å². The molecule has 0 radical (unpaired) electrons. The number of para-hydroxylation sites is 1. The third-order valence-electron chi connectivity index (χ3n) is 5.06. The van der Waals surface area contributed by atoms with Gasteiger partial charge < -0.3 is 4.42 Å². The fourth-order valence-electron chi connectivity index (χ4n) is 3.82. The molecule has 0 aliphatic heterocycles. The molecular formula is C24H20N2O. The number of aryl methyl sites for hydroxylation is 1. The predicted octanol–water partition coefficient (Wildman–Crippen LogP) is 6.63. The van der Waals surface area contributed by atoms with Crippen molar-refractivity contribution >= 4 is 32.6 Å². The lowest BCUT2D eigenvalue weighted by Crippen LogP contribution is -1.98. The topological polar surface area (TPSA) is 38.9 Å². The van der Waals surface area contributed by atoms with E-state index in [-0.39, 0.29) is 0 Å². The summed E-state index contributed by atoms with van der Waals surface area (Å²) < 4.78 is 6.07. The number of rotatable bonds is 2. The van der Waals surface area contributed by atoms with E-state index < -0.39 is 0 Å². The number of benzene rings is 2. The van der Waals surface area contributed by atoms with Crippen molar-refractivity contribution in [1.29, 1.82) is 0 Å². The number of nitrogens with zero attached hydrogens (tertiary/aromatic N) is 2. The van der Waals surface area contributed by atoms with E-state index >= 15 is 0 Å². The zero-order chi connectivity index (χ0) is 18.5. The number of pyridine rings is 2. The standard InChI is InChI=1S/C24H20N2O/c1-14(2)22-17-9-5-4-8-16(17)13-21(26-22)23-24-19(12-15(3)27-24)18-10-6-7-11-20(18)25-23/h4-14H,1-3H3. The molecule has 3 aromatic heterocycles. The molecule has 0 saturated carbocycles. The van der Waals surface area contributed by atoms with Crippen LogP contribution in [0.1, 0.15) is 31.2 Å². The van der Waals surface area contributed by atoms with Crippen LogP contribution in [0.25, 0.3) is 44.0 Å². The maximum absolute atomic E-state index is 6.07. The first-order valence-electron chi connectivity index (χ1n) is 9.31. The lowest BCUT2D eigenvalue weighted by molar-refractivity contribution is 0.578. The van der Waals surface area contributed by atoms with Crippen LogP contribution in [0.3, 0.4) is 0 Å². The van der Waals surface area contributed by atoms with Gasteiger partial charge in [0.25, 0.3) is 0 Å². The van der Waals surface area contributed by atoms with Crippen LogP contribution < -0.4 is 0 Å². The Hall–Kier alpha value is -3.20. The van der Waals surface area contributed by atoms with Gasteiger partial charge in [-0.15, -0.1) is 0 Å². The Morgan fingerprint density at radius 3 is 2.37 bits per heavy atom. The smallest absolute Gasteiger partial charge is 0.162 e. The summed E-state index contributed by atoms with van der Waals surface area (Å²) >= 11 is 0. The second kappa shape index (κ2) is 5.92. The van der Waals surface area contributed by atoms with Crippen molar-refractivity contribution in [3.05, 3.63) is 72.1 Å². The zero-order valence-corrected chi connectivity index (χ0v) is 15.7. The Kier molecular flexibility index (Phi) is 3.51. The van der Waals surface area contributed by atoms with Gasteiger partial charge in [-0.3, -0.25) is 4.98 Å². The van der Waals surface area contributed by atoms with E-state index in [9.17, 15) is 0 Å². The highest BCUT2D eigenvalue weighted by atomic mass is 16.3. The summed E-state index contributed by atoms with van der Waals surface area (Å²) in [6.07, 6.45) is 0. The molecule has 0 bridgehead atoms. The Balaban J connectivity index is 1.90. The van der Waals surface area contributed by atoms with E-state index in [4.69, 9.17) is 14.4 Å². The van der Waals surface area contributed by atoms with Gasteiger partial charge in [-0.2, -0.15) is 0 Å². The van der Waals surface area contributed by atoms with Crippen molar-refractivity contribution in [2.45, 2.75) is 26.7 Å². The molecule has 132 valence electrons. The normalized spacial score (nSPS) is 11.9. The van der Waals surface area contributed by atoms with Crippen molar-refractivity contribution in [1.82, 2.24) is 9.97 Å². The Bertz CT molecular complexity index is 1310. The van der Waals surface area contributed by atoms with Gasteiger partial charge in [0.05, 0.1) is 16.9 Å². The summed E-state index contributed by atoms with van der Waals surface area (Å²) in [6, 6.07) is 20.8. The summed E-state index contributed by atoms with van der Waals surface area (Å²) in [7, 11) is 0. The Morgan fingerprint density at radius 2 is 1.56 bits per heavy atom. The van der Waals surface area contributed by atoms with Crippen molar-refractivity contribution in [3.8, 4) is 11.4 Å². The highest BCUT2D eigenvalue weighted by molar-refractivity contribution is 6.09. The molecule has 0 fully saturated rings. The van der Waals surface area contributed by atoms with Crippen LogP contribution in [0.15, 0.2) is 65.1 Å². The zero-order valence-electron chi connectivity index (χ0n) is 15.7. The van der Waals surface area contributed by atoms with Crippen LogP contribution in [-0.4, -0.2) is 9.97 Å². The third kappa shape index (κ3) is 2.50. The fourth-order valence-corrected chi connectivity index (χ4v) is 3.82. The number of hydrogen-bond acceptors (Lipinski definition) is 3. The first-order chi connectivity index (χ1) is 13.1. The number of aromatic nitrogens is 2. The molecule has 0 atom stereocenters. The van der Waals surface area contributed by atoms with Gasteiger partial charge >= 0.3 is 0 Å². The molecule has 0 aliphatic carbocycles. The molecule has 0 amide bonds. The lowest BCUT2D eigenvalue weighted by atomic mass is 10.00. The first kappa shape index (κ1) is 16.0. The predicted molar refractivity (Wildman–Crippen MR) is 111 cm³/mol. The summed E-state index contributed by atoms with van der Waals surface area (Å²) in [5.41, 5.74) is 4.53. The molecule has 5 rings (SSSR count). The maximum atomic E-state index is 6.07. The molecule has 27 heavy (non-hydrogen) atoms. The summed E-state index contributed by atoms with van der Waals surface area (Å²) in [5, 5.41) is 4.58. The second-order valence-corrected chi connectivity index (χ2v) is 7.35. The van der Waals surface area contributed by atoms with E-state index in [1.165, 1.54) is 10.8 Å². The van der Waals surface area contributed by atoms with E-state index in [0.29, 0.717) is 5.92 Å². The van der Waals surface area contributed by atoms with E-state index in [0.717, 1.165) is 44.7 Å². The van der Waals surface area contributed by atoms with Gasteiger partial charge in [0.15, 0.2) is 5.58 Å². The monoisotopic (exact) mass is 352 g/mol. The minimum Gasteiger partial charge on any atom is -0.459 e. The number of hydrogen-bond donors (Lipinski definition) is 0. The average Bonchev–Trinajstić information content (AvgIpc) is 3.08. The first-order valence-corrected chi connectivity index (χ1v) is 9.31. The molecule has 2 aromatic carbocycles. The second-order valence-electron chi connectivity index (χ2n) is 7.35. The van der Waals surface area contributed by atoms with E-state index in [2.05, 4.69) is 56.3 Å². The summed E-state index contributed by atoms with van der Waals surface area (Å²) in [6.45, 7) is 6.34. The van der Waals surface area contributed by atoms with Crippen LogP contribution in [-0.2, 0) is 0 Å². The van der Waals surface area contributed by atoms with Crippen molar-refractivity contribution < 1.29 is 4.42 Å². The van der Waals surface area contributed by atoms with Gasteiger partial charge in [0.2, 0.25) is 0 Å². The molecule has 5 aromatic rings. The average molecular weight is 352 g/mol. The van der Waals surface area contributed by atoms with Crippen molar-refractivity contribution in [3.63, 3.8) is 0 Å². The van der Waals surface area contributed by atoms with Gasteiger partial charge in [-0.1, -0.05) is 56.3 Å². The molecule has 3 heteroatoms. The molecule has 0 spiro atoms. The van der Waals surface area contributed by atoms with Crippen LogP contribution in [0.4, 0.5) is 0 Å². The maximum Gasteiger partial charge on any atom is 0.162 e. The van der Waals surface area contributed by atoms with Gasteiger partial charge in [0.1, 0.15) is 11.5 Å². The highest BCUT2D eigenvalue weighted by Crippen LogP contribution is 2.36. The van der Waals surface area contributed by atoms with Crippen LogP contribution in [0.5, 0.6) is 0 Å². The lowest BCUT2D eigenvalue weighted by Gasteiger charge is -2.12. The number of furan rings is 1. The molecule has 0 aliphatic rings. The third-order valence-corrected chi connectivity index (χ3v) is 5.06.